The number of aromatic nitrogens is 1. The average molecular weight is 517 g/mol. The van der Waals surface area contributed by atoms with E-state index in [0.717, 1.165) is 66.4 Å². The van der Waals surface area contributed by atoms with Gasteiger partial charge in [0.15, 0.2) is 0 Å². The lowest BCUT2D eigenvalue weighted by atomic mass is 9.94. The van der Waals surface area contributed by atoms with Crippen molar-refractivity contribution >= 4 is 50.2 Å². The van der Waals surface area contributed by atoms with Crippen molar-refractivity contribution in [1.29, 1.82) is 0 Å². The summed E-state index contributed by atoms with van der Waals surface area (Å²) in [5, 5.41) is 3.79. The van der Waals surface area contributed by atoms with E-state index < -0.39 is 0 Å². The third kappa shape index (κ3) is 4.24. The van der Waals surface area contributed by atoms with Gasteiger partial charge in [0, 0.05) is 33.2 Å². The molecule has 0 fully saturated rings. The molecule has 0 spiro atoms. The maximum atomic E-state index is 12.8. The summed E-state index contributed by atoms with van der Waals surface area (Å²) in [5.74, 6) is -0.740. The molecule has 168 valence electrons. The zero-order valence-corrected chi connectivity index (χ0v) is 20.7. The minimum atomic E-state index is -0.378. The standard InChI is InChI=1S/C25H27BrClN3O2/c1-3-10-29(11-4-2)12-7-13-30-15-18(26)22-20(30)14-17(16-8-5-6-9-19(16)27)21-23(22)25(32)28-24(21)31/h5-6,8-9,14-15H,3-4,7,10-13H2,1-2H3,(H,28,31,32). The fraction of sp³-hybridized carbons (Fsp3) is 0.360. The van der Waals surface area contributed by atoms with Gasteiger partial charge < -0.3 is 9.47 Å². The van der Waals surface area contributed by atoms with Gasteiger partial charge in [-0.1, -0.05) is 43.6 Å². The normalized spacial score (nSPS) is 13.3. The number of benzene rings is 2. The number of carbonyl (C=O) groups is 2. The Hall–Kier alpha value is -2.15. The van der Waals surface area contributed by atoms with E-state index in [4.69, 9.17) is 11.6 Å². The highest BCUT2D eigenvalue weighted by Crippen LogP contribution is 2.41. The van der Waals surface area contributed by atoms with Crippen LogP contribution in [0, 0.1) is 0 Å². The summed E-state index contributed by atoms with van der Waals surface area (Å²) in [7, 11) is 0. The van der Waals surface area contributed by atoms with Crippen molar-refractivity contribution in [2.45, 2.75) is 39.7 Å². The lowest BCUT2D eigenvalue weighted by molar-refractivity contribution is 0.0880. The molecule has 0 bridgehead atoms. The largest absolute Gasteiger partial charge is 0.346 e. The summed E-state index contributed by atoms with van der Waals surface area (Å²) in [6, 6.07) is 9.42. The summed E-state index contributed by atoms with van der Waals surface area (Å²) in [5.41, 5.74) is 3.18. The molecule has 1 aliphatic rings. The van der Waals surface area contributed by atoms with Crippen molar-refractivity contribution in [2.75, 3.05) is 19.6 Å². The number of hydrogen-bond donors (Lipinski definition) is 1. The highest BCUT2D eigenvalue weighted by Gasteiger charge is 2.34. The van der Waals surface area contributed by atoms with Crippen LogP contribution in [0.25, 0.3) is 22.0 Å². The number of halogens is 2. The van der Waals surface area contributed by atoms with Crippen molar-refractivity contribution in [3.05, 3.63) is 57.2 Å². The highest BCUT2D eigenvalue weighted by molar-refractivity contribution is 9.10. The van der Waals surface area contributed by atoms with Gasteiger partial charge in [0.05, 0.1) is 16.6 Å². The number of rotatable bonds is 9. The Morgan fingerprint density at radius 2 is 1.69 bits per heavy atom. The Morgan fingerprint density at radius 3 is 2.38 bits per heavy atom. The zero-order valence-electron chi connectivity index (χ0n) is 18.4. The third-order valence-corrected chi connectivity index (χ3v) is 6.85. The van der Waals surface area contributed by atoms with Gasteiger partial charge in [-0.2, -0.15) is 0 Å². The maximum Gasteiger partial charge on any atom is 0.259 e. The minimum absolute atomic E-state index is 0.362. The monoisotopic (exact) mass is 515 g/mol. The SMILES string of the molecule is CCCN(CCC)CCCn1cc(Br)c2c3c(c(-c4ccccc4Cl)cc21)C(=O)NC3=O. The van der Waals surface area contributed by atoms with Gasteiger partial charge in [0.25, 0.3) is 11.8 Å². The number of carbonyl (C=O) groups excluding carboxylic acids is 2. The van der Waals surface area contributed by atoms with Crippen LogP contribution in [0.4, 0.5) is 0 Å². The van der Waals surface area contributed by atoms with E-state index in [9.17, 15) is 9.59 Å². The molecule has 3 aromatic rings. The van der Waals surface area contributed by atoms with E-state index in [-0.39, 0.29) is 11.8 Å². The second-order valence-corrected chi connectivity index (χ2v) is 9.46. The van der Waals surface area contributed by atoms with Gasteiger partial charge >= 0.3 is 0 Å². The summed E-state index contributed by atoms with van der Waals surface area (Å²) >= 11 is 10.1. The lowest BCUT2D eigenvalue weighted by Gasteiger charge is -2.21. The molecule has 1 aromatic heterocycles. The van der Waals surface area contributed by atoms with E-state index in [1.807, 2.05) is 30.5 Å². The first-order chi connectivity index (χ1) is 15.5. The van der Waals surface area contributed by atoms with Crippen LogP contribution in [0.3, 0.4) is 0 Å². The van der Waals surface area contributed by atoms with Gasteiger partial charge in [-0.05, 0) is 72.5 Å². The zero-order chi connectivity index (χ0) is 22.8. The number of fused-ring (bicyclic) bond motifs is 3. The molecule has 5 nitrogen and oxygen atoms in total. The summed E-state index contributed by atoms with van der Waals surface area (Å²) in [4.78, 5) is 28.0. The van der Waals surface area contributed by atoms with Crippen LogP contribution in [0.2, 0.25) is 5.02 Å². The van der Waals surface area contributed by atoms with Crippen molar-refractivity contribution in [1.82, 2.24) is 14.8 Å². The second kappa shape index (κ2) is 9.77. The predicted molar refractivity (Wildman–Crippen MR) is 134 cm³/mol. The van der Waals surface area contributed by atoms with Crippen LogP contribution >= 0.6 is 27.5 Å². The topological polar surface area (TPSA) is 54.3 Å². The van der Waals surface area contributed by atoms with Crippen LogP contribution in [0.5, 0.6) is 0 Å². The van der Waals surface area contributed by atoms with E-state index in [1.165, 1.54) is 0 Å². The fourth-order valence-electron chi connectivity index (χ4n) is 4.61. The predicted octanol–water partition coefficient (Wildman–Crippen LogP) is 6.12. The molecule has 0 saturated heterocycles. The summed E-state index contributed by atoms with van der Waals surface area (Å²) < 4.78 is 2.99. The third-order valence-electron chi connectivity index (χ3n) is 5.92. The van der Waals surface area contributed by atoms with E-state index >= 15 is 0 Å². The van der Waals surface area contributed by atoms with Crippen molar-refractivity contribution in [3.8, 4) is 11.1 Å². The number of nitrogens with zero attached hydrogens (tertiary/aromatic N) is 2. The van der Waals surface area contributed by atoms with Crippen LogP contribution in [0.1, 0.15) is 53.8 Å². The maximum absolute atomic E-state index is 12.8. The highest BCUT2D eigenvalue weighted by atomic mass is 79.9. The molecule has 2 heterocycles. The first-order valence-electron chi connectivity index (χ1n) is 11.1. The van der Waals surface area contributed by atoms with Crippen LogP contribution in [-0.2, 0) is 6.54 Å². The molecular formula is C25H27BrClN3O2. The van der Waals surface area contributed by atoms with Gasteiger partial charge in [-0.25, -0.2) is 0 Å². The number of aryl methyl sites for hydroxylation is 1. The Bertz CT molecular complexity index is 1180. The fourth-order valence-corrected chi connectivity index (χ4v) is 5.49. The van der Waals surface area contributed by atoms with Crippen LogP contribution < -0.4 is 5.32 Å². The molecule has 1 aliphatic heterocycles. The molecule has 0 aliphatic carbocycles. The number of hydrogen-bond acceptors (Lipinski definition) is 3. The van der Waals surface area contributed by atoms with Crippen LogP contribution in [0.15, 0.2) is 41.0 Å². The minimum Gasteiger partial charge on any atom is -0.346 e. The molecule has 2 amide bonds. The first-order valence-corrected chi connectivity index (χ1v) is 12.3. The quantitative estimate of drug-likeness (QED) is 0.349. The molecular weight excluding hydrogens is 490 g/mol. The Morgan fingerprint density at radius 1 is 1.00 bits per heavy atom. The Labute approximate surface area is 201 Å². The number of imide groups is 1. The summed E-state index contributed by atoms with van der Waals surface area (Å²) in [6.45, 7) is 8.49. The molecule has 1 N–H and O–H groups in total. The number of amides is 2. The molecule has 32 heavy (non-hydrogen) atoms. The van der Waals surface area contributed by atoms with Gasteiger partial charge in [-0.3, -0.25) is 14.9 Å². The van der Waals surface area contributed by atoms with E-state index in [1.54, 1.807) is 6.07 Å². The van der Waals surface area contributed by atoms with Crippen molar-refractivity contribution < 1.29 is 9.59 Å². The second-order valence-electron chi connectivity index (χ2n) is 8.20. The Kier molecular flexibility index (Phi) is 7.03. The molecule has 0 radical (unpaired) electrons. The first kappa shape index (κ1) is 23.0. The molecule has 7 heteroatoms. The van der Waals surface area contributed by atoms with Gasteiger partial charge in [0.2, 0.25) is 0 Å². The van der Waals surface area contributed by atoms with Crippen LogP contribution in [-0.4, -0.2) is 40.9 Å². The van der Waals surface area contributed by atoms with Gasteiger partial charge in [0.1, 0.15) is 0 Å². The van der Waals surface area contributed by atoms with Crippen molar-refractivity contribution in [3.63, 3.8) is 0 Å². The molecule has 4 rings (SSSR count). The summed E-state index contributed by atoms with van der Waals surface area (Å²) in [6.07, 6.45) is 5.31. The van der Waals surface area contributed by atoms with Crippen molar-refractivity contribution in [2.24, 2.45) is 0 Å². The van der Waals surface area contributed by atoms with E-state index in [0.29, 0.717) is 21.7 Å². The van der Waals surface area contributed by atoms with Gasteiger partial charge in [-0.15, -0.1) is 0 Å². The molecule has 0 atom stereocenters. The molecule has 0 unspecified atom stereocenters. The average Bonchev–Trinajstić information content (AvgIpc) is 3.24. The molecule has 0 saturated carbocycles. The number of nitrogens with one attached hydrogen (secondary N) is 1. The lowest BCUT2D eigenvalue weighted by Crippen LogP contribution is -2.27. The smallest absolute Gasteiger partial charge is 0.259 e. The Balaban J connectivity index is 1.78. The molecule has 2 aromatic carbocycles. The van der Waals surface area contributed by atoms with E-state index in [2.05, 4.69) is 44.6 Å².